The minimum Gasteiger partial charge on any atom is -0.465 e. The summed E-state index contributed by atoms with van der Waals surface area (Å²) >= 11 is 0. The van der Waals surface area contributed by atoms with Crippen molar-refractivity contribution in [2.75, 3.05) is 7.11 Å². The molecule has 1 N–H and O–H groups in total. The van der Waals surface area contributed by atoms with Crippen LogP contribution >= 0.6 is 0 Å². The third kappa shape index (κ3) is 3.55. The Morgan fingerprint density at radius 1 is 1.04 bits per heavy atom. The number of methoxy groups -OCH3 is 1. The highest BCUT2D eigenvalue weighted by molar-refractivity contribution is 6.16. The van der Waals surface area contributed by atoms with Gasteiger partial charge in [0.2, 0.25) is 0 Å². The predicted molar refractivity (Wildman–Crippen MR) is 103 cm³/mol. The second-order valence-electron chi connectivity index (χ2n) is 6.24. The monoisotopic (exact) mass is 378 g/mol. The number of para-hydroxylation sites is 1. The van der Waals surface area contributed by atoms with Gasteiger partial charge in [-0.2, -0.15) is 0 Å². The van der Waals surface area contributed by atoms with Gasteiger partial charge in [0, 0.05) is 35.5 Å². The van der Waals surface area contributed by atoms with Crippen LogP contribution < -0.4 is 0 Å². The molecule has 1 aromatic heterocycles. The van der Waals surface area contributed by atoms with E-state index in [1.54, 1.807) is 49.4 Å². The number of hydrogen-bond acceptors (Lipinski definition) is 5. The number of aryl methyl sites for hydroxylation is 1. The first-order chi connectivity index (χ1) is 13.4. The van der Waals surface area contributed by atoms with Crippen LogP contribution in [0.5, 0.6) is 0 Å². The number of esters is 1. The minimum absolute atomic E-state index is 0.00201. The van der Waals surface area contributed by atoms with E-state index in [9.17, 15) is 19.7 Å². The quantitative estimate of drug-likeness (QED) is 0.304. The fourth-order valence-corrected chi connectivity index (χ4v) is 3.16. The molecule has 7 heteroatoms. The molecule has 0 aliphatic rings. The first kappa shape index (κ1) is 19.0. The Labute approximate surface area is 161 Å². The number of benzene rings is 2. The molecule has 0 aliphatic carbocycles. The number of nitrogens with zero attached hydrogens (tertiary/aromatic N) is 1. The number of nitro groups is 1. The molecule has 0 saturated carbocycles. The molecule has 0 fully saturated rings. The van der Waals surface area contributed by atoms with Crippen molar-refractivity contribution >= 4 is 17.4 Å². The molecule has 3 rings (SSSR count). The van der Waals surface area contributed by atoms with E-state index in [1.807, 2.05) is 0 Å². The SMILES string of the molecule is COC(=O)c1c[nH]c(C)c1C(=O)c1ccccc1Cc1ccccc1[N+](=O)[O-]. The van der Waals surface area contributed by atoms with Gasteiger partial charge in [-0.25, -0.2) is 4.79 Å². The number of carbonyl (C=O) groups excluding carboxylic acids is 2. The zero-order chi connectivity index (χ0) is 20.3. The highest BCUT2D eigenvalue weighted by Crippen LogP contribution is 2.26. The molecule has 0 saturated heterocycles. The molecule has 0 radical (unpaired) electrons. The average molecular weight is 378 g/mol. The standard InChI is InChI=1S/C21H18N2O5/c1-13-19(17(12-22-13)21(25)28-2)20(24)16-9-5-3-7-14(16)11-15-8-4-6-10-18(15)23(26)27/h3-10,12,22H,11H2,1-2H3. The number of aromatic nitrogens is 1. The van der Waals surface area contributed by atoms with E-state index in [1.165, 1.54) is 19.4 Å². The molecule has 0 aliphatic heterocycles. The lowest BCUT2D eigenvalue weighted by Crippen LogP contribution is -2.12. The number of nitro benzene ring substituents is 1. The van der Waals surface area contributed by atoms with Crippen molar-refractivity contribution in [3.8, 4) is 0 Å². The Kier molecular flexibility index (Phi) is 5.35. The van der Waals surface area contributed by atoms with Crippen LogP contribution in [0, 0.1) is 17.0 Å². The van der Waals surface area contributed by atoms with Crippen molar-refractivity contribution in [2.24, 2.45) is 0 Å². The molecular formula is C21H18N2O5. The summed E-state index contributed by atoms with van der Waals surface area (Å²) in [6, 6.07) is 13.3. The Balaban J connectivity index is 2.05. The number of ketones is 1. The molecule has 7 nitrogen and oxygen atoms in total. The number of nitrogens with one attached hydrogen (secondary N) is 1. The van der Waals surface area contributed by atoms with Crippen molar-refractivity contribution in [2.45, 2.75) is 13.3 Å². The lowest BCUT2D eigenvalue weighted by Gasteiger charge is -2.10. The fraction of sp³-hybridized carbons (Fsp3) is 0.143. The van der Waals surface area contributed by atoms with Crippen molar-refractivity contribution in [1.82, 2.24) is 4.98 Å². The molecule has 0 unspecified atom stereocenters. The summed E-state index contributed by atoms with van der Waals surface area (Å²) in [7, 11) is 1.25. The Morgan fingerprint density at radius 2 is 1.68 bits per heavy atom. The van der Waals surface area contributed by atoms with Gasteiger partial charge in [0.25, 0.3) is 5.69 Å². The maximum Gasteiger partial charge on any atom is 0.340 e. The number of hydrogen-bond donors (Lipinski definition) is 1. The zero-order valence-electron chi connectivity index (χ0n) is 15.4. The van der Waals surface area contributed by atoms with Gasteiger partial charge in [-0.3, -0.25) is 14.9 Å². The first-order valence-electron chi connectivity index (χ1n) is 8.55. The normalized spacial score (nSPS) is 10.5. The molecule has 28 heavy (non-hydrogen) atoms. The molecule has 0 atom stereocenters. The van der Waals surface area contributed by atoms with E-state index in [0.29, 0.717) is 22.4 Å². The van der Waals surface area contributed by atoms with Crippen LogP contribution in [0.4, 0.5) is 5.69 Å². The van der Waals surface area contributed by atoms with E-state index in [-0.39, 0.29) is 29.0 Å². The summed E-state index contributed by atoms with van der Waals surface area (Å²) in [5, 5.41) is 11.3. The van der Waals surface area contributed by atoms with Gasteiger partial charge in [0.1, 0.15) is 0 Å². The largest absolute Gasteiger partial charge is 0.465 e. The predicted octanol–water partition coefficient (Wildman–Crippen LogP) is 3.84. The lowest BCUT2D eigenvalue weighted by molar-refractivity contribution is -0.385. The maximum absolute atomic E-state index is 13.2. The first-order valence-corrected chi connectivity index (χ1v) is 8.55. The van der Waals surface area contributed by atoms with Crippen molar-refractivity contribution in [1.29, 1.82) is 0 Å². The summed E-state index contributed by atoms with van der Waals surface area (Å²) in [6.45, 7) is 1.70. The second kappa shape index (κ2) is 7.87. The van der Waals surface area contributed by atoms with Crippen LogP contribution in [0.1, 0.15) is 43.1 Å². The average Bonchev–Trinajstić information content (AvgIpc) is 3.09. The molecule has 0 amide bonds. The number of rotatable bonds is 6. The topological polar surface area (TPSA) is 102 Å². The van der Waals surface area contributed by atoms with Gasteiger partial charge in [-0.1, -0.05) is 42.5 Å². The van der Waals surface area contributed by atoms with E-state index >= 15 is 0 Å². The lowest BCUT2D eigenvalue weighted by atomic mass is 9.92. The fourth-order valence-electron chi connectivity index (χ4n) is 3.16. The molecule has 3 aromatic rings. The summed E-state index contributed by atoms with van der Waals surface area (Å²) in [5.74, 6) is -0.947. The van der Waals surface area contributed by atoms with Crippen LogP contribution in [0.2, 0.25) is 0 Å². The van der Waals surface area contributed by atoms with Crippen molar-refractivity contribution in [3.63, 3.8) is 0 Å². The van der Waals surface area contributed by atoms with E-state index in [0.717, 1.165) is 0 Å². The van der Waals surface area contributed by atoms with Crippen LogP contribution in [0.3, 0.4) is 0 Å². The highest BCUT2D eigenvalue weighted by atomic mass is 16.6. The Hall–Kier alpha value is -3.74. The van der Waals surface area contributed by atoms with Crippen LogP contribution in [-0.4, -0.2) is 28.8 Å². The van der Waals surface area contributed by atoms with Gasteiger partial charge < -0.3 is 9.72 Å². The molecule has 1 heterocycles. The van der Waals surface area contributed by atoms with Gasteiger partial charge in [-0.05, 0) is 12.5 Å². The number of carbonyl (C=O) groups is 2. The number of H-pyrrole nitrogens is 1. The summed E-state index contributed by atoms with van der Waals surface area (Å²) in [5.41, 5.74) is 2.47. The number of ether oxygens (including phenoxy) is 1. The molecule has 2 aromatic carbocycles. The zero-order valence-corrected chi connectivity index (χ0v) is 15.4. The third-order valence-electron chi connectivity index (χ3n) is 4.54. The maximum atomic E-state index is 13.2. The minimum atomic E-state index is -0.608. The molecule has 142 valence electrons. The van der Waals surface area contributed by atoms with Gasteiger partial charge >= 0.3 is 5.97 Å². The van der Waals surface area contributed by atoms with Crippen molar-refractivity contribution in [3.05, 3.63) is 98.4 Å². The van der Waals surface area contributed by atoms with E-state index in [4.69, 9.17) is 4.74 Å². The van der Waals surface area contributed by atoms with Gasteiger partial charge in [0.05, 0.1) is 23.2 Å². The third-order valence-corrected chi connectivity index (χ3v) is 4.54. The smallest absolute Gasteiger partial charge is 0.340 e. The summed E-state index contributed by atoms with van der Waals surface area (Å²) in [4.78, 5) is 39.0. The second-order valence-corrected chi connectivity index (χ2v) is 6.24. The van der Waals surface area contributed by atoms with E-state index < -0.39 is 10.9 Å². The highest BCUT2D eigenvalue weighted by Gasteiger charge is 2.25. The number of aromatic amines is 1. The summed E-state index contributed by atoms with van der Waals surface area (Å²) < 4.78 is 4.76. The van der Waals surface area contributed by atoms with Crippen LogP contribution in [-0.2, 0) is 11.2 Å². The summed E-state index contributed by atoms with van der Waals surface area (Å²) in [6.07, 6.45) is 1.66. The van der Waals surface area contributed by atoms with Crippen molar-refractivity contribution < 1.29 is 19.2 Å². The van der Waals surface area contributed by atoms with Crippen LogP contribution in [0.25, 0.3) is 0 Å². The van der Waals surface area contributed by atoms with Gasteiger partial charge in [-0.15, -0.1) is 0 Å². The van der Waals surface area contributed by atoms with Gasteiger partial charge in [0.15, 0.2) is 5.78 Å². The Morgan fingerprint density at radius 3 is 2.36 bits per heavy atom. The molecule has 0 bridgehead atoms. The molecule has 0 spiro atoms. The Bertz CT molecular complexity index is 1070. The van der Waals surface area contributed by atoms with E-state index in [2.05, 4.69) is 4.98 Å². The molecular weight excluding hydrogens is 360 g/mol. The van der Waals surface area contributed by atoms with Crippen LogP contribution in [0.15, 0.2) is 54.7 Å².